The van der Waals surface area contributed by atoms with E-state index in [0.717, 1.165) is 23.5 Å². The van der Waals surface area contributed by atoms with Crippen molar-refractivity contribution in [1.29, 1.82) is 0 Å². The maximum absolute atomic E-state index is 11.9. The lowest BCUT2D eigenvalue weighted by Crippen LogP contribution is -2.27. The van der Waals surface area contributed by atoms with Crippen LogP contribution in [0.2, 0.25) is 0 Å². The number of thioether (sulfide) groups is 1. The van der Waals surface area contributed by atoms with E-state index in [-0.39, 0.29) is 5.69 Å². The van der Waals surface area contributed by atoms with Crippen LogP contribution in [0.3, 0.4) is 0 Å². The van der Waals surface area contributed by atoms with Crippen molar-refractivity contribution >= 4 is 35.1 Å². The van der Waals surface area contributed by atoms with Crippen LogP contribution in [0.5, 0.6) is 0 Å². The van der Waals surface area contributed by atoms with E-state index in [9.17, 15) is 4.79 Å². The molecule has 0 bridgehead atoms. The number of nitrogens with zero attached hydrogens (tertiary/aromatic N) is 3. The van der Waals surface area contributed by atoms with Crippen LogP contribution in [-0.2, 0) is 14.1 Å². The molecule has 1 N–H and O–H groups in total. The van der Waals surface area contributed by atoms with E-state index in [0.29, 0.717) is 15.5 Å². The average Bonchev–Trinajstić information content (AvgIpc) is 2.78. The first kappa shape index (κ1) is 14.3. The van der Waals surface area contributed by atoms with Gasteiger partial charge in [-0.15, -0.1) is 0 Å². The molecular weight excluding hydrogens is 280 g/mol. The molecule has 0 spiro atoms. The van der Waals surface area contributed by atoms with Crippen molar-refractivity contribution < 1.29 is 0 Å². The quantitative estimate of drug-likeness (QED) is 0.696. The maximum Gasteiger partial charge on any atom is 0.330 e. The topological polar surface area (TPSA) is 55.6 Å². The summed E-state index contributed by atoms with van der Waals surface area (Å²) in [5.41, 5.74) is 1.23. The molecule has 2 aromatic rings. The summed E-state index contributed by atoms with van der Waals surface area (Å²) in [6.45, 7) is 4.34. The summed E-state index contributed by atoms with van der Waals surface area (Å²) in [6.07, 6.45) is 2.28. The van der Waals surface area contributed by atoms with E-state index >= 15 is 0 Å². The SMILES string of the molecule is CCCC(C)Sc1nc2c([nH]1)c(=S)n(C)c(=O)n2C. The molecule has 1 unspecified atom stereocenters. The number of aromatic amines is 1. The lowest BCUT2D eigenvalue weighted by molar-refractivity contribution is 0.721. The van der Waals surface area contributed by atoms with Gasteiger partial charge >= 0.3 is 5.69 Å². The highest BCUT2D eigenvalue weighted by molar-refractivity contribution is 7.99. The molecule has 5 nitrogen and oxygen atoms in total. The molecule has 0 aliphatic carbocycles. The summed E-state index contributed by atoms with van der Waals surface area (Å²) in [4.78, 5) is 19.7. The Kier molecular flexibility index (Phi) is 4.15. The zero-order chi connectivity index (χ0) is 14.2. The minimum atomic E-state index is -0.151. The van der Waals surface area contributed by atoms with E-state index in [1.165, 1.54) is 9.13 Å². The highest BCUT2D eigenvalue weighted by Gasteiger charge is 2.13. The Hall–Kier alpha value is -1.08. The third kappa shape index (κ3) is 2.62. The molecule has 0 saturated heterocycles. The molecule has 1 atom stereocenters. The van der Waals surface area contributed by atoms with Crippen LogP contribution >= 0.6 is 24.0 Å². The van der Waals surface area contributed by atoms with Gasteiger partial charge in [0.2, 0.25) is 0 Å². The van der Waals surface area contributed by atoms with Gasteiger partial charge in [-0.1, -0.05) is 44.2 Å². The average molecular weight is 298 g/mol. The Labute approximate surface area is 121 Å². The summed E-state index contributed by atoms with van der Waals surface area (Å²) < 4.78 is 3.48. The van der Waals surface area contributed by atoms with Gasteiger partial charge in [-0.3, -0.25) is 9.13 Å². The number of aryl methyl sites for hydroxylation is 1. The van der Waals surface area contributed by atoms with Crippen LogP contribution in [0.25, 0.3) is 11.2 Å². The first-order valence-electron chi connectivity index (χ1n) is 6.28. The van der Waals surface area contributed by atoms with Gasteiger partial charge in [-0.25, -0.2) is 9.78 Å². The van der Waals surface area contributed by atoms with Crippen LogP contribution in [-0.4, -0.2) is 24.4 Å². The second-order valence-electron chi connectivity index (χ2n) is 4.66. The van der Waals surface area contributed by atoms with Gasteiger partial charge in [0.15, 0.2) is 10.8 Å². The first-order valence-corrected chi connectivity index (χ1v) is 7.56. The van der Waals surface area contributed by atoms with Gasteiger partial charge in [-0.2, -0.15) is 0 Å². The maximum atomic E-state index is 11.9. The fourth-order valence-electron chi connectivity index (χ4n) is 2.02. The van der Waals surface area contributed by atoms with Crippen molar-refractivity contribution in [2.75, 3.05) is 0 Å². The zero-order valence-electron chi connectivity index (χ0n) is 11.6. The third-order valence-corrected chi connectivity index (χ3v) is 4.61. The van der Waals surface area contributed by atoms with Crippen molar-refractivity contribution in [3.05, 3.63) is 15.1 Å². The molecule has 2 rings (SSSR count). The number of fused-ring (bicyclic) bond motifs is 1. The molecule has 7 heteroatoms. The van der Waals surface area contributed by atoms with Crippen LogP contribution in [0.1, 0.15) is 26.7 Å². The summed E-state index contributed by atoms with van der Waals surface area (Å²) in [5.74, 6) is 0. The molecule has 19 heavy (non-hydrogen) atoms. The number of nitrogens with one attached hydrogen (secondary N) is 1. The third-order valence-electron chi connectivity index (χ3n) is 3.08. The van der Waals surface area contributed by atoms with Crippen LogP contribution in [0, 0.1) is 4.64 Å². The smallest absolute Gasteiger partial charge is 0.329 e. The monoisotopic (exact) mass is 298 g/mol. The fraction of sp³-hybridized carbons (Fsp3) is 0.583. The molecule has 0 aliphatic heterocycles. The van der Waals surface area contributed by atoms with Crippen molar-refractivity contribution in [1.82, 2.24) is 19.1 Å². The number of aromatic nitrogens is 4. The highest BCUT2D eigenvalue weighted by atomic mass is 32.2. The van der Waals surface area contributed by atoms with Crippen molar-refractivity contribution in [2.45, 2.75) is 37.1 Å². The summed E-state index contributed by atoms with van der Waals surface area (Å²) in [6, 6.07) is 0. The molecule has 0 saturated carbocycles. The van der Waals surface area contributed by atoms with Gasteiger partial charge in [0.1, 0.15) is 10.2 Å². The molecule has 0 fully saturated rings. The Morgan fingerprint density at radius 1 is 1.42 bits per heavy atom. The number of hydrogen-bond donors (Lipinski definition) is 1. The predicted octanol–water partition coefficient (Wildman–Crippen LogP) is 2.61. The molecule has 0 amide bonds. The molecule has 104 valence electrons. The Morgan fingerprint density at radius 2 is 2.11 bits per heavy atom. The van der Waals surface area contributed by atoms with Crippen LogP contribution < -0.4 is 5.69 Å². The van der Waals surface area contributed by atoms with Crippen molar-refractivity contribution in [2.24, 2.45) is 14.1 Å². The van der Waals surface area contributed by atoms with Crippen molar-refractivity contribution in [3.63, 3.8) is 0 Å². The van der Waals surface area contributed by atoms with Gasteiger partial charge in [0.25, 0.3) is 0 Å². The second-order valence-corrected chi connectivity index (χ2v) is 6.48. The lowest BCUT2D eigenvalue weighted by atomic mass is 10.3. The van der Waals surface area contributed by atoms with Crippen LogP contribution in [0.15, 0.2) is 9.95 Å². The molecule has 0 radical (unpaired) electrons. The van der Waals surface area contributed by atoms with Crippen LogP contribution in [0.4, 0.5) is 0 Å². The largest absolute Gasteiger partial charge is 0.330 e. The van der Waals surface area contributed by atoms with Gasteiger partial charge < -0.3 is 4.98 Å². The van der Waals surface area contributed by atoms with Gasteiger partial charge in [0.05, 0.1) is 0 Å². The number of H-pyrrole nitrogens is 1. The van der Waals surface area contributed by atoms with E-state index < -0.39 is 0 Å². The minimum Gasteiger partial charge on any atom is -0.329 e. The predicted molar refractivity (Wildman–Crippen MR) is 81.4 cm³/mol. The first-order chi connectivity index (χ1) is 8.95. The second kappa shape index (κ2) is 5.50. The fourth-order valence-corrected chi connectivity index (χ4v) is 3.27. The Balaban J connectivity index is 2.52. The number of rotatable bonds is 4. The Morgan fingerprint density at radius 3 is 2.74 bits per heavy atom. The van der Waals surface area contributed by atoms with E-state index in [1.54, 1.807) is 25.9 Å². The highest BCUT2D eigenvalue weighted by Crippen LogP contribution is 2.25. The number of hydrogen-bond acceptors (Lipinski definition) is 4. The molecule has 0 aromatic carbocycles. The van der Waals surface area contributed by atoms with E-state index in [2.05, 4.69) is 23.8 Å². The van der Waals surface area contributed by atoms with Gasteiger partial charge in [-0.05, 0) is 6.42 Å². The molecule has 2 aromatic heterocycles. The van der Waals surface area contributed by atoms with E-state index in [1.807, 2.05) is 0 Å². The van der Waals surface area contributed by atoms with Gasteiger partial charge in [0, 0.05) is 19.3 Å². The molecule has 2 heterocycles. The Bertz CT molecular complexity index is 713. The van der Waals surface area contributed by atoms with Crippen molar-refractivity contribution in [3.8, 4) is 0 Å². The van der Waals surface area contributed by atoms with E-state index in [4.69, 9.17) is 12.2 Å². The number of imidazole rings is 1. The summed E-state index contributed by atoms with van der Waals surface area (Å²) >= 11 is 6.97. The lowest BCUT2D eigenvalue weighted by Gasteiger charge is -2.05. The summed E-state index contributed by atoms with van der Waals surface area (Å²) in [7, 11) is 3.39. The molecule has 0 aliphatic rings. The standard InChI is InChI=1S/C12H18N4OS2/c1-5-6-7(2)19-11-13-8-9(14-11)15(3)12(17)16(4)10(8)18/h7H,5-6H2,1-4H3,(H,13,14). The zero-order valence-corrected chi connectivity index (χ0v) is 13.2. The molecular formula is C12H18N4OS2. The minimum absolute atomic E-state index is 0.151. The summed E-state index contributed by atoms with van der Waals surface area (Å²) in [5, 5.41) is 1.31. The normalized spacial score (nSPS) is 13.1.